The molecular formula is C27H33N7O2. The largest absolute Gasteiger partial charge is 0.492 e. The third-order valence-electron chi connectivity index (χ3n) is 6.80. The van der Waals surface area contributed by atoms with Crippen molar-refractivity contribution in [3.05, 3.63) is 64.0 Å². The highest BCUT2D eigenvalue weighted by Gasteiger charge is 2.24. The molecule has 3 heterocycles. The topological polar surface area (TPSA) is 89.2 Å². The quantitative estimate of drug-likeness (QED) is 0.488. The highest BCUT2D eigenvalue weighted by molar-refractivity contribution is 6.05. The van der Waals surface area contributed by atoms with E-state index in [1.807, 2.05) is 0 Å². The molecule has 0 spiro atoms. The molecule has 0 atom stereocenters. The fraction of sp³-hybridized carbons (Fsp3) is 0.407. The number of aromatic nitrogens is 3. The van der Waals surface area contributed by atoms with Crippen molar-refractivity contribution in [1.82, 2.24) is 19.8 Å². The Morgan fingerprint density at radius 1 is 1.11 bits per heavy atom. The van der Waals surface area contributed by atoms with Crippen molar-refractivity contribution in [2.24, 2.45) is 10.1 Å². The first-order valence-electron chi connectivity index (χ1n) is 12.4. The highest BCUT2D eigenvalue weighted by atomic mass is 16.5. The van der Waals surface area contributed by atoms with Crippen LogP contribution in [0.3, 0.4) is 0 Å². The van der Waals surface area contributed by atoms with Crippen LogP contribution in [0.2, 0.25) is 0 Å². The molecule has 0 bridgehead atoms. The molecule has 5 rings (SSSR count). The molecule has 2 aliphatic rings. The van der Waals surface area contributed by atoms with Gasteiger partial charge < -0.3 is 14.8 Å². The van der Waals surface area contributed by atoms with E-state index in [-0.39, 0.29) is 0 Å². The summed E-state index contributed by atoms with van der Waals surface area (Å²) in [6.45, 7) is 15.1. The van der Waals surface area contributed by atoms with Gasteiger partial charge in [-0.05, 0) is 49.1 Å². The molecule has 3 aromatic rings. The Labute approximate surface area is 211 Å². The maximum Gasteiger partial charge on any atom is 0.273 e. The first-order chi connectivity index (χ1) is 17.5. The Hall–Kier alpha value is -3.56. The van der Waals surface area contributed by atoms with Gasteiger partial charge in [-0.3, -0.25) is 4.90 Å². The summed E-state index contributed by atoms with van der Waals surface area (Å²) >= 11 is 0. The number of morpholine rings is 1. The number of aryl methyl sites for hydroxylation is 2. The Bertz CT molecular complexity index is 1270. The molecule has 0 amide bonds. The SMILES string of the molecule is C=Nn1c(Cc2ccc(C)cc2)nnc1/N=C1\Cc2c(C)c(OCCN3CCOCC3)cc(C)c2N1. The molecule has 1 aromatic heterocycles. The predicted octanol–water partition coefficient (Wildman–Crippen LogP) is 3.67. The van der Waals surface area contributed by atoms with Gasteiger partial charge in [-0.15, -0.1) is 10.2 Å². The third kappa shape index (κ3) is 5.17. The minimum atomic E-state index is 0.416. The zero-order chi connectivity index (χ0) is 25.1. The fourth-order valence-electron chi connectivity index (χ4n) is 4.67. The van der Waals surface area contributed by atoms with E-state index >= 15 is 0 Å². The minimum absolute atomic E-state index is 0.416. The second kappa shape index (κ2) is 10.6. The maximum absolute atomic E-state index is 6.20. The second-order valence-electron chi connectivity index (χ2n) is 9.36. The van der Waals surface area contributed by atoms with E-state index in [9.17, 15) is 0 Å². The van der Waals surface area contributed by atoms with Crippen molar-refractivity contribution >= 4 is 24.2 Å². The maximum atomic E-state index is 6.20. The number of rotatable bonds is 8. The van der Waals surface area contributed by atoms with Crippen molar-refractivity contribution in [1.29, 1.82) is 0 Å². The molecule has 0 aliphatic carbocycles. The molecule has 36 heavy (non-hydrogen) atoms. The van der Waals surface area contributed by atoms with Gasteiger partial charge in [0.05, 0.1) is 13.2 Å². The lowest BCUT2D eigenvalue weighted by atomic mass is 10.0. The zero-order valence-electron chi connectivity index (χ0n) is 21.3. The van der Waals surface area contributed by atoms with Crippen molar-refractivity contribution in [3.63, 3.8) is 0 Å². The molecule has 0 unspecified atom stereocenters. The zero-order valence-corrected chi connectivity index (χ0v) is 21.3. The van der Waals surface area contributed by atoms with Crippen LogP contribution in [0.1, 0.15) is 33.6 Å². The number of fused-ring (bicyclic) bond motifs is 1. The van der Waals surface area contributed by atoms with Gasteiger partial charge in [0.2, 0.25) is 0 Å². The Morgan fingerprint density at radius 3 is 2.64 bits per heavy atom. The second-order valence-corrected chi connectivity index (χ2v) is 9.36. The Kier molecular flexibility index (Phi) is 7.11. The number of nitrogens with one attached hydrogen (secondary N) is 1. The standard InChI is InChI=1S/C27H33N7O2/c1-18-5-7-21(8-6-18)16-25-31-32-27(34(25)28-4)30-24-17-22-20(3)23(15-19(2)26(22)29-24)36-14-11-33-9-12-35-13-10-33/h5-8,15H,4,9-14,16-17H2,1-3H3,(H,29,30,32). The summed E-state index contributed by atoms with van der Waals surface area (Å²) in [4.78, 5) is 7.13. The van der Waals surface area contributed by atoms with Crippen molar-refractivity contribution in [2.45, 2.75) is 33.6 Å². The van der Waals surface area contributed by atoms with E-state index < -0.39 is 0 Å². The number of nitrogens with zero attached hydrogens (tertiary/aromatic N) is 6. The number of aliphatic imine (C=N–C) groups is 1. The van der Waals surface area contributed by atoms with Crippen LogP contribution in [-0.4, -0.2) is 71.8 Å². The van der Waals surface area contributed by atoms with Crippen LogP contribution in [0.5, 0.6) is 5.75 Å². The minimum Gasteiger partial charge on any atom is -0.492 e. The van der Waals surface area contributed by atoms with Crippen LogP contribution < -0.4 is 10.1 Å². The van der Waals surface area contributed by atoms with Crippen LogP contribution in [0, 0.1) is 20.8 Å². The third-order valence-corrected chi connectivity index (χ3v) is 6.80. The summed E-state index contributed by atoms with van der Waals surface area (Å²) in [5, 5.41) is 16.2. The summed E-state index contributed by atoms with van der Waals surface area (Å²) in [5.74, 6) is 2.85. The van der Waals surface area contributed by atoms with Gasteiger partial charge in [0.15, 0.2) is 5.82 Å². The summed E-state index contributed by atoms with van der Waals surface area (Å²) in [6, 6.07) is 10.5. The highest BCUT2D eigenvalue weighted by Crippen LogP contribution is 2.36. The van der Waals surface area contributed by atoms with E-state index in [0.29, 0.717) is 31.2 Å². The van der Waals surface area contributed by atoms with Crippen molar-refractivity contribution in [3.8, 4) is 5.75 Å². The lowest BCUT2D eigenvalue weighted by Crippen LogP contribution is -2.38. The van der Waals surface area contributed by atoms with Crippen LogP contribution >= 0.6 is 0 Å². The van der Waals surface area contributed by atoms with Gasteiger partial charge in [-0.25, -0.2) is 0 Å². The molecular weight excluding hydrogens is 454 g/mol. The Balaban J connectivity index is 1.30. The number of benzene rings is 2. The van der Waals surface area contributed by atoms with E-state index in [1.54, 1.807) is 4.68 Å². The van der Waals surface area contributed by atoms with E-state index in [4.69, 9.17) is 14.5 Å². The lowest BCUT2D eigenvalue weighted by molar-refractivity contribution is 0.0322. The molecule has 9 nitrogen and oxygen atoms in total. The molecule has 0 saturated carbocycles. The van der Waals surface area contributed by atoms with E-state index in [1.165, 1.54) is 11.1 Å². The monoisotopic (exact) mass is 487 g/mol. The number of anilines is 1. The van der Waals surface area contributed by atoms with E-state index in [0.717, 1.165) is 66.8 Å². The fourth-order valence-corrected chi connectivity index (χ4v) is 4.67. The molecule has 0 radical (unpaired) electrons. The average molecular weight is 488 g/mol. The molecule has 188 valence electrons. The number of amidine groups is 1. The first-order valence-corrected chi connectivity index (χ1v) is 12.4. The lowest BCUT2D eigenvalue weighted by Gasteiger charge is -2.26. The van der Waals surface area contributed by atoms with Crippen LogP contribution in [0.25, 0.3) is 0 Å². The van der Waals surface area contributed by atoms with Crippen molar-refractivity contribution < 1.29 is 9.47 Å². The molecule has 2 aromatic carbocycles. The normalized spacial score (nSPS) is 16.7. The van der Waals surface area contributed by atoms with Gasteiger partial charge in [0.1, 0.15) is 18.2 Å². The van der Waals surface area contributed by atoms with E-state index in [2.05, 4.69) is 83.3 Å². The van der Waals surface area contributed by atoms with Crippen LogP contribution in [-0.2, 0) is 17.6 Å². The van der Waals surface area contributed by atoms with Gasteiger partial charge in [-0.2, -0.15) is 14.8 Å². The van der Waals surface area contributed by atoms with Crippen LogP contribution in [0.4, 0.5) is 11.6 Å². The van der Waals surface area contributed by atoms with Crippen molar-refractivity contribution in [2.75, 3.05) is 44.8 Å². The van der Waals surface area contributed by atoms with Gasteiger partial charge in [0.25, 0.3) is 5.95 Å². The number of hydrogen-bond acceptors (Lipinski definition) is 7. The molecule has 9 heteroatoms. The molecule has 1 N–H and O–H groups in total. The smallest absolute Gasteiger partial charge is 0.273 e. The average Bonchev–Trinajstić information content (AvgIpc) is 3.48. The molecule has 2 aliphatic heterocycles. The summed E-state index contributed by atoms with van der Waals surface area (Å²) in [7, 11) is 0. The Morgan fingerprint density at radius 2 is 1.89 bits per heavy atom. The summed E-state index contributed by atoms with van der Waals surface area (Å²) in [5.41, 5.74) is 6.91. The molecule has 1 saturated heterocycles. The molecule has 1 fully saturated rings. The first kappa shape index (κ1) is 24.1. The summed E-state index contributed by atoms with van der Waals surface area (Å²) < 4.78 is 13.2. The number of hydrogen-bond donors (Lipinski definition) is 1. The number of ether oxygens (including phenoxy) is 2. The predicted molar refractivity (Wildman–Crippen MR) is 142 cm³/mol. The van der Waals surface area contributed by atoms with Gasteiger partial charge in [-0.1, -0.05) is 29.8 Å². The van der Waals surface area contributed by atoms with Gasteiger partial charge >= 0.3 is 0 Å². The van der Waals surface area contributed by atoms with Crippen LogP contribution in [0.15, 0.2) is 40.4 Å². The summed E-state index contributed by atoms with van der Waals surface area (Å²) in [6.07, 6.45) is 1.27. The van der Waals surface area contributed by atoms with Gasteiger partial charge in [0, 0.05) is 44.9 Å².